The molecule has 2 amide bonds. The third-order valence-electron chi connectivity index (χ3n) is 6.05. The molecule has 1 heterocycles. The predicted molar refractivity (Wildman–Crippen MR) is 101 cm³/mol. The Balaban J connectivity index is 1.44. The molecule has 1 aromatic rings. The molecule has 0 radical (unpaired) electrons. The van der Waals surface area contributed by atoms with E-state index in [2.05, 4.69) is 5.32 Å². The van der Waals surface area contributed by atoms with Gasteiger partial charge in [-0.05, 0) is 68.2 Å². The molecule has 2 N–H and O–H groups in total. The average Bonchev–Trinajstić information content (AvgIpc) is 3.55. The molecule has 1 aromatic carbocycles. The van der Waals surface area contributed by atoms with Gasteiger partial charge in [0, 0.05) is 43.3 Å². The highest BCUT2D eigenvalue weighted by molar-refractivity contribution is 5.94. The molecule has 0 bridgehead atoms. The number of rotatable bonds is 6. The summed E-state index contributed by atoms with van der Waals surface area (Å²) in [6, 6.07) is 6.03. The van der Waals surface area contributed by atoms with Crippen molar-refractivity contribution in [2.75, 3.05) is 19.8 Å². The van der Waals surface area contributed by atoms with Gasteiger partial charge in [-0.2, -0.15) is 0 Å². The predicted octanol–water partition coefficient (Wildman–Crippen LogP) is 3.15. The fourth-order valence-electron chi connectivity index (χ4n) is 4.09. The highest BCUT2D eigenvalue weighted by Crippen LogP contribution is 2.47. The summed E-state index contributed by atoms with van der Waals surface area (Å²) >= 11 is 0. The van der Waals surface area contributed by atoms with Gasteiger partial charge in [0.25, 0.3) is 5.91 Å². The lowest BCUT2D eigenvalue weighted by Gasteiger charge is -2.23. The topological polar surface area (TPSA) is 78.9 Å². The van der Waals surface area contributed by atoms with Gasteiger partial charge in [-0.25, -0.2) is 4.79 Å². The van der Waals surface area contributed by atoms with E-state index < -0.39 is 6.09 Å². The van der Waals surface area contributed by atoms with Crippen molar-refractivity contribution in [3.05, 3.63) is 34.9 Å². The summed E-state index contributed by atoms with van der Waals surface area (Å²) in [6.07, 6.45) is 4.02. The van der Waals surface area contributed by atoms with Crippen LogP contribution in [-0.4, -0.2) is 53.8 Å². The zero-order valence-electron chi connectivity index (χ0n) is 15.8. The first kappa shape index (κ1) is 18.3. The molecule has 0 aromatic heterocycles. The Morgan fingerprint density at radius 3 is 2.63 bits per heavy atom. The monoisotopic (exact) mass is 372 g/mol. The average molecular weight is 372 g/mol. The van der Waals surface area contributed by atoms with Crippen molar-refractivity contribution < 1.29 is 19.4 Å². The van der Waals surface area contributed by atoms with Crippen LogP contribution in [0.3, 0.4) is 0 Å². The molecule has 0 spiro atoms. The van der Waals surface area contributed by atoms with Crippen molar-refractivity contribution in [1.29, 1.82) is 0 Å². The lowest BCUT2D eigenvalue weighted by molar-refractivity contribution is 0.0696. The van der Waals surface area contributed by atoms with E-state index in [1.165, 1.54) is 0 Å². The van der Waals surface area contributed by atoms with E-state index in [0.29, 0.717) is 31.2 Å². The van der Waals surface area contributed by atoms with Crippen LogP contribution in [-0.2, 0) is 4.74 Å². The third kappa shape index (κ3) is 4.26. The van der Waals surface area contributed by atoms with Crippen LogP contribution >= 0.6 is 0 Å². The minimum absolute atomic E-state index is 0.0478. The fourth-order valence-corrected chi connectivity index (χ4v) is 4.09. The quantitative estimate of drug-likeness (QED) is 0.804. The number of aryl methyl sites for hydroxylation is 1. The van der Waals surface area contributed by atoms with Crippen molar-refractivity contribution in [1.82, 2.24) is 10.2 Å². The lowest BCUT2D eigenvalue weighted by Crippen LogP contribution is -2.38. The minimum Gasteiger partial charge on any atom is -0.465 e. The molecule has 6 heteroatoms. The summed E-state index contributed by atoms with van der Waals surface area (Å²) in [5.41, 5.74) is 2.90. The van der Waals surface area contributed by atoms with Crippen LogP contribution in [0.2, 0.25) is 0 Å². The number of hydrogen-bond acceptors (Lipinski definition) is 3. The van der Waals surface area contributed by atoms with Crippen LogP contribution in [0.5, 0.6) is 0 Å². The van der Waals surface area contributed by atoms with Crippen LogP contribution in [0, 0.1) is 12.8 Å². The molecule has 3 aliphatic rings. The molecular formula is C21H28N2O4. The van der Waals surface area contributed by atoms with Crippen molar-refractivity contribution in [3.8, 4) is 0 Å². The molecule has 146 valence electrons. The zero-order chi connectivity index (χ0) is 19.0. The Morgan fingerprint density at radius 1 is 1.22 bits per heavy atom. The van der Waals surface area contributed by atoms with Gasteiger partial charge in [0.1, 0.15) is 0 Å². The zero-order valence-corrected chi connectivity index (χ0v) is 15.8. The highest BCUT2D eigenvalue weighted by atomic mass is 16.5. The summed E-state index contributed by atoms with van der Waals surface area (Å²) in [7, 11) is 0. The maximum atomic E-state index is 12.6. The SMILES string of the molecule is Cc1ccc(C(=O)NC2CCOCC2)cc1C1CC1N(CC1CC1)C(=O)O. The van der Waals surface area contributed by atoms with Crippen molar-refractivity contribution >= 4 is 12.0 Å². The molecule has 2 aliphatic carbocycles. The lowest BCUT2D eigenvalue weighted by atomic mass is 9.99. The summed E-state index contributed by atoms with van der Waals surface area (Å²) in [5, 5.41) is 12.7. The summed E-state index contributed by atoms with van der Waals surface area (Å²) in [5.74, 6) is 0.698. The Labute approximate surface area is 159 Å². The normalized spacial score (nSPS) is 25.1. The van der Waals surface area contributed by atoms with E-state index >= 15 is 0 Å². The number of nitrogens with one attached hydrogen (secondary N) is 1. The number of hydrogen-bond donors (Lipinski definition) is 2. The van der Waals surface area contributed by atoms with E-state index in [9.17, 15) is 14.7 Å². The first-order valence-corrected chi connectivity index (χ1v) is 10.0. The smallest absolute Gasteiger partial charge is 0.407 e. The van der Waals surface area contributed by atoms with Crippen LogP contribution in [0.15, 0.2) is 18.2 Å². The molecular weight excluding hydrogens is 344 g/mol. The Morgan fingerprint density at radius 2 is 1.96 bits per heavy atom. The minimum atomic E-state index is -0.819. The Hall–Kier alpha value is -2.08. The molecule has 1 aliphatic heterocycles. The van der Waals surface area contributed by atoms with Gasteiger partial charge < -0.3 is 20.1 Å². The molecule has 27 heavy (non-hydrogen) atoms. The first-order chi connectivity index (χ1) is 13.0. The van der Waals surface area contributed by atoms with Gasteiger partial charge in [0.2, 0.25) is 0 Å². The van der Waals surface area contributed by atoms with E-state index in [4.69, 9.17) is 4.74 Å². The maximum Gasteiger partial charge on any atom is 0.407 e. The van der Waals surface area contributed by atoms with Gasteiger partial charge in [0.05, 0.1) is 0 Å². The standard InChI is InChI=1S/C21H28N2O4/c1-13-2-5-15(20(24)22-16-6-8-27-9-7-16)10-17(13)18-11-19(18)23(21(25)26)12-14-3-4-14/h2,5,10,14,16,18-19H,3-4,6-9,11-12H2,1H3,(H,22,24)(H,25,26). The maximum absolute atomic E-state index is 12.6. The highest BCUT2D eigenvalue weighted by Gasteiger charge is 2.47. The molecule has 2 unspecified atom stereocenters. The fraction of sp³-hybridized carbons (Fsp3) is 0.619. The van der Waals surface area contributed by atoms with Crippen LogP contribution < -0.4 is 5.32 Å². The van der Waals surface area contributed by atoms with E-state index in [-0.39, 0.29) is 23.9 Å². The molecule has 6 nitrogen and oxygen atoms in total. The van der Waals surface area contributed by atoms with Crippen molar-refractivity contribution in [3.63, 3.8) is 0 Å². The van der Waals surface area contributed by atoms with E-state index in [1.54, 1.807) is 4.90 Å². The van der Waals surface area contributed by atoms with Gasteiger partial charge in [-0.15, -0.1) is 0 Å². The second-order valence-corrected chi connectivity index (χ2v) is 8.22. The number of carboxylic acid groups (broad SMARTS) is 1. The van der Waals surface area contributed by atoms with Crippen molar-refractivity contribution in [2.24, 2.45) is 5.92 Å². The number of benzene rings is 1. The van der Waals surface area contributed by atoms with Gasteiger partial charge >= 0.3 is 6.09 Å². The molecule has 2 saturated carbocycles. The number of ether oxygens (including phenoxy) is 1. The van der Waals surface area contributed by atoms with Crippen molar-refractivity contribution in [2.45, 2.75) is 57.0 Å². The summed E-state index contributed by atoms with van der Waals surface area (Å²) in [4.78, 5) is 25.9. The largest absolute Gasteiger partial charge is 0.465 e. The number of carbonyl (C=O) groups is 2. The Bertz CT molecular complexity index is 725. The second kappa shape index (κ2) is 7.50. The van der Waals surface area contributed by atoms with E-state index in [0.717, 1.165) is 43.2 Å². The third-order valence-corrected chi connectivity index (χ3v) is 6.05. The van der Waals surface area contributed by atoms with Gasteiger partial charge in [-0.3, -0.25) is 4.79 Å². The van der Waals surface area contributed by atoms with Crippen LogP contribution in [0.1, 0.15) is 59.5 Å². The number of carbonyl (C=O) groups excluding carboxylic acids is 1. The van der Waals surface area contributed by atoms with Crippen LogP contribution in [0.25, 0.3) is 0 Å². The number of amides is 2. The first-order valence-electron chi connectivity index (χ1n) is 10.0. The molecule has 3 fully saturated rings. The molecule has 2 atom stereocenters. The van der Waals surface area contributed by atoms with Crippen LogP contribution in [0.4, 0.5) is 4.79 Å². The second-order valence-electron chi connectivity index (χ2n) is 8.22. The van der Waals surface area contributed by atoms with E-state index in [1.807, 2.05) is 25.1 Å². The summed E-state index contributed by atoms with van der Waals surface area (Å²) < 4.78 is 5.34. The summed E-state index contributed by atoms with van der Waals surface area (Å²) in [6.45, 7) is 4.08. The van der Waals surface area contributed by atoms with Gasteiger partial charge in [0.15, 0.2) is 0 Å². The van der Waals surface area contributed by atoms with Gasteiger partial charge in [-0.1, -0.05) is 6.07 Å². The Kier molecular flexibility index (Phi) is 5.08. The molecule has 1 saturated heterocycles. The number of nitrogens with zero attached hydrogens (tertiary/aromatic N) is 1. The molecule has 4 rings (SSSR count).